The minimum absolute atomic E-state index is 0.0495. The Kier molecular flexibility index (Phi) is 3.45. The molecule has 7 nitrogen and oxygen atoms in total. The summed E-state index contributed by atoms with van der Waals surface area (Å²) in [7, 11) is 0. The lowest BCUT2D eigenvalue weighted by molar-refractivity contribution is 0.0780. The molecule has 2 aromatic rings. The van der Waals surface area contributed by atoms with Crippen molar-refractivity contribution in [3.8, 4) is 0 Å². The highest BCUT2D eigenvalue weighted by Crippen LogP contribution is 2.25. The topological polar surface area (TPSA) is 78.8 Å². The molecule has 0 aromatic carbocycles. The number of hydrogen-bond donors (Lipinski definition) is 2. The van der Waals surface area contributed by atoms with Crippen LogP contribution in [0.2, 0.25) is 0 Å². The van der Waals surface area contributed by atoms with Gasteiger partial charge in [0.15, 0.2) is 5.69 Å². The number of carbonyl (C=O) groups is 1. The maximum atomic E-state index is 12.8. The lowest BCUT2D eigenvalue weighted by atomic mass is 10.1. The predicted octanol–water partition coefficient (Wildman–Crippen LogP) is 0.956. The standard InChI is InChI=1S/C16H22N6O/c1-10-7-11(2)22(20-10)12-4-6-21(9-12)16(23)15-13-3-5-17-8-14(13)18-19-15/h7,12,17H,3-6,8-9H2,1-2H3,(H,18,19). The summed E-state index contributed by atoms with van der Waals surface area (Å²) in [6.07, 6.45) is 1.81. The molecule has 7 heteroatoms. The van der Waals surface area contributed by atoms with Gasteiger partial charge in [0.25, 0.3) is 5.91 Å². The zero-order valence-corrected chi connectivity index (χ0v) is 13.6. The lowest BCUT2D eigenvalue weighted by Gasteiger charge is -2.18. The van der Waals surface area contributed by atoms with E-state index in [1.165, 1.54) is 0 Å². The molecule has 1 fully saturated rings. The number of carbonyl (C=O) groups excluding carboxylic acids is 1. The molecule has 1 unspecified atom stereocenters. The van der Waals surface area contributed by atoms with Crippen LogP contribution in [0, 0.1) is 13.8 Å². The number of nitrogens with one attached hydrogen (secondary N) is 2. The Balaban J connectivity index is 1.52. The summed E-state index contributed by atoms with van der Waals surface area (Å²) in [5, 5.41) is 15.2. The fourth-order valence-electron chi connectivity index (χ4n) is 3.71. The predicted molar refractivity (Wildman–Crippen MR) is 85.3 cm³/mol. The monoisotopic (exact) mass is 314 g/mol. The fraction of sp³-hybridized carbons (Fsp3) is 0.562. The molecule has 4 heterocycles. The Morgan fingerprint density at radius 2 is 2.26 bits per heavy atom. The summed E-state index contributed by atoms with van der Waals surface area (Å²) in [5.74, 6) is 0.0495. The Morgan fingerprint density at radius 3 is 3.04 bits per heavy atom. The van der Waals surface area contributed by atoms with E-state index in [-0.39, 0.29) is 11.9 Å². The molecule has 23 heavy (non-hydrogen) atoms. The summed E-state index contributed by atoms with van der Waals surface area (Å²) in [6.45, 7) is 7.22. The maximum Gasteiger partial charge on any atom is 0.274 e. The van der Waals surface area contributed by atoms with Gasteiger partial charge < -0.3 is 10.2 Å². The third kappa shape index (κ3) is 2.45. The smallest absolute Gasteiger partial charge is 0.274 e. The Hall–Kier alpha value is -2.15. The van der Waals surface area contributed by atoms with Crippen LogP contribution >= 0.6 is 0 Å². The third-order valence-electron chi connectivity index (χ3n) is 4.85. The van der Waals surface area contributed by atoms with Crippen molar-refractivity contribution in [2.75, 3.05) is 19.6 Å². The number of aryl methyl sites for hydroxylation is 2. The number of hydrogen-bond acceptors (Lipinski definition) is 4. The van der Waals surface area contributed by atoms with Crippen LogP contribution in [0.1, 0.15) is 45.6 Å². The molecule has 0 saturated carbocycles. The van der Waals surface area contributed by atoms with Crippen molar-refractivity contribution in [2.45, 2.75) is 39.3 Å². The van der Waals surface area contributed by atoms with Crippen molar-refractivity contribution in [1.29, 1.82) is 0 Å². The first-order chi connectivity index (χ1) is 11.1. The van der Waals surface area contributed by atoms with E-state index >= 15 is 0 Å². The maximum absolute atomic E-state index is 12.8. The van der Waals surface area contributed by atoms with Gasteiger partial charge in [0.2, 0.25) is 0 Å². The van der Waals surface area contributed by atoms with E-state index in [0.29, 0.717) is 12.2 Å². The van der Waals surface area contributed by atoms with Gasteiger partial charge in [0.05, 0.1) is 17.4 Å². The minimum atomic E-state index is 0.0495. The molecular formula is C16H22N6O. The first-order valence-corrected chi connectivity index (χ1v) is 8.22. The van der Waals surface area contributed by atoms with E-state index in [1.807, 2.05) is 11.8 Å². The molecule has 4 rings (SSSR count). The number of fused-ring (bicyclic) bond motifs is 1. The molecule has 1 saturated heterocycles. The van der Waals surface area contributed by atoms with E-state index in [0.717, 1.165) is 55.1 Å². The molecule has 0 spiro atoms. The number of nitrogens with zero attached hydrogens (tertiary/aromatic N) is 4. The van der Waals surface area contributed by atoms with Gasteiger partial charge in [0.1, 0.15) is 0 Å². The van der Waals surface area contributed by atoms with E-state index in [4.69, 9.17) is 0 Å². The van der Waals surface area contributed by atoms with Crippen molar-refractivity contribution in [3.05, 3.63) is 34.4 Å². The SMILES string of the molecule is Cc1cc(C)n(C2CCN(C(=O)c3n[nH]c4c3CCNC4)C2)n1. The van der Waals surface area contributed by atoms with Crippen LogP contribution in [0.5, 0.6) is 0 Å². The summed E-state index contributed by atoms with van der Waals surface area (Å²) in [6, 6.07) is 2.35. The zero-order chi connectivity index (χ0) is 16.0. The van der Waals surface area contributed by atoms with Crippen molar-refractivity contribution in [1.82, 2.24) is 30.2 Å². The molecule has 2 aliphatic heterocycles. The molecule has 2 N–H and O–H groups in total. The van der Waals surface area contributed by atoms with Crippen LogP contribution in [0.25, 0.3) is 0 Å². The third-order valence-corrected chi connectivity index (χ3v) is 4.85. The van der Waals surface area contributed by atoms with Gasteiger partial charge in [-0.05, 0) is 39.3 Å². The van der Waals surface area contributed by atoms with Gasteiger partial charge >= 0.3 is 0 Å². The van der Waals surface area contributed by atoms with Crippen LogP contribution in [-0.2, 0) is 13.0 Å². The van der Waals surface area contributed by atoms with Crippen molar-refractivity contribution < 1.29 is 4.79 Å². The van der Waals surface area contributed by atoms with Gasteiger partial charge in [-0.3, -0.25) is 14.6 Å². The summed E-state index contributed by atoms with van der Waals surface area (Å²) >= 11 is 0. The highest BCUT2D eigenvalue weighted by atomic mass is 16.2. The second kappa shape index (κ2) is 5.49. The molecule has 1 atom stereocenters. The average Bonchev–Trinajstić information content (AvgIpc) is 3.24. The highest BCUT2D eigenvalue weighted by molar-refractivity contribution is 5.94. The molecule has 2 aliphatic rings. The number of aromatic amines is 1. The second-order valence-corrected chi connectivity index (χ2v) is 6.52. The van der Waals surface area contributed by atoms with E-state index in [2.05, 4.69) is 38.3 Å². The number of likely N-dealkylation sites (tertiary alicyclic amines) is 1. The average molecular weight is 314 g/mol. The van der Waals surface area contributed by atoms with Gasteiger partial charge in [-0.25, -0.2) is 0 Å². The molecular weight excluding hydrogens is 292 g/mol. The van der Waals surface area contributed by atoms with Crippen LogP contribution < -0.4 is 5.32 Å². The van der Waals surface area contributed by atoms with Crippen LogP contribution in [0.15, 0.2) is 6.07 Å². The number of aromatic nitrogens is 4. The fourth-order valence-corrected chi connectivity index (χ4v) is 3.71. The number of rotatable bonds is 2. The molecule has 0 bridgehead atoms. The first-order valence-electron chi connectivity index (χ1n) is 8.22. The zero-order valence-electron chi connectivity index (χ0n) is 13.6. The van der Waals surface area contributed by atoms with Gasteiger partial charge in [0, 0.05) is 30.9 Å². The van der Waals surface area contributed by atoms with Crippen molar-refractivity contribution >= 4 is 5.91 Å². The van der Waals surface area contributed by atoms with Gasteiger partial charge in [-0.2, -0.15) is 10.2 Å². The number of amides is 1. The van der Waals surface area contributed by atoms with Crippen LogP contribution in [0.3, 0.4) is 0 Å². The van der Waals surface area contributed by atoms with Crippen LogP contribution in [-0.4, -0.2) is 50.4 Å². The summed E-state index contributed by atoms with van der Waals surface area (Å²) in [4.78, 5) is 14.8. The Morgan fingerprint density at radius 1 is 1.39 bits per heavy atom. The quantitative estimate of drug-likeness (QED) is 0.865. The summed E-state index contributed by atoms with van der Waals surface area (Å²) in [5.41, 5.74) is 4.93. The van der Waals surface area contributed by atoms with Gasteiger partial charge in [-0.1, -0.05) is 0 Å². The normalized spacial score (nSPS) is 20.8. The van der Waals surface area contributed by atoms with E-state index in [1.54, 1.807) is 0 Å². The molecule has 2 aromatic heterocycles. The van der Waals surface area contributed by atoms with Gasteiger partial charge in [-0.15, -0.1) is 0 Å². The highest BCUT2D eigenvalue weighted by Gasteiger charge is 2.32. The molecule has 0 radical (unpaired) electrons. The van der Waals surface area contributed by atoms with Crippen LogP contribution in [0.4, 0.5) is 0 Å². The molecule has 122 valence electrons. The summed E-state index contributed by atoms with van der Waals surface area (Å²) < 4.78 is 2.06. The second-order valence-electron chi connectivity index (χ2n) is 6.52. The largest absolute Gasteiger partial charge is 0.335 e. The minimum Gasteiger partial charge on any atom is -0.335 e. The molecule has 0 aliphatic carbocycles. The van der Waals surface area contributed by atoms with E-state index in [9.17, 15) is 4.79 Å². The van der Waals surface area contributed by atoms with E-state index < -0.39 is 0 Å². The first kappa shape index (κ1) is 14.4. The lowest BCUT2D eigenvalue weighted by Crippen LogP contribution is -2.31. The van der Waals surface area contributed by atoms with Crippen molar-refractivity contribution in [3.63, 3.8) is 0 Å². The molecule has 1 amide bonds. The van der Waals surface area contributed by atoms with Crippen molar-refractivity contribution in [2.24, 2.45) is 0 Å². The Bertz CT molecular complexity index is 746. The number of H-pyrrole nitrogens is 1. The Labute approximate surface area is 135 Å².